The summed E-state index contributed by atoms with van der Waals surface area (Å²) in [4.78, 5) is 0. The lowest BCUT2D eigenvalue weighted by atomic mass is 9.87. The van der Waals surface area contributed by atoms with Crippen LogP contribution in [0.2, 0.25) is 0 Å². The highest BCUT2D eigenvalue weighted by Crippen LogP contribution is 2.41. The van der Waals surface area contributed by atoms with Crippen molar-refractivity contribution >= 4 is 43.1 Å². The van der Waals surface area contributed by atoms with Crippen molar-refractivity contribution < 1.29 is 10.2 Å². The summed E-state index contributed by atoms with van der Waals surface area (Å²) in [7, 11) is 0. The van der Waals surface area contributed by atoms with E-state index in [1.807, 2.05) is 0 Å². The van der Waals surface area contributed by atoms with Crippen LogP contribution in [0.15, 0.2) is 60.7 Å². The maximum atomic E-state index is 9.44. The molecule has 0 radical (unpaired) electrons. The summed E-state index contributed by atoms with van der Waals surface area (Å²) in [5, 5.41) is 28.9. The van der Waals surface area contributed by atoms with E-state index in [0.717, 1.165) is 11.1 Å². The maximum absolute atomic E-state index is 9.44. The summed E-state index contributed by atoms with van der Waals surface area (Å²) in [5.41, 5.74) is 2.30. The quantitative estimate of drug-likeness (QED) is 0.364. The van der Waals surface area contributed by atoms with E-state index in [-0.39, 0.29) is 13.2 Å². The number of aliphatic hydroxyl groups is 2. The van der Waals surface area contributed by atoms with Crippen molar-refractivity contribution in [3.8, 4) is 0 Å². The summed E-state index contributed by atoms with van der Waals surface area (Å²) in [6, 6.07) is 21.8. The van der Waals surface area contributed by atoms with E-state index in [4.69, 9.17) is 0 Å². The van der Waals surface area contributed by atoms with Gasteiger partial charge in [-0.3, -0.25) is 0 Å². The number of hydrogen-bond donors (Lipinski definition) is 2. The molecule has 0 saturated heterocycles. The molecule has 5 aromatic rings. The lowest BCUT2D eigenvalue weighted by Gasteiger charge is -2.17. The topological polar surface area (TPSA) is 40.5 Å². The third-order valence-electron chi connectivity index (χ3n) is 5.45. The van der Waals surface area contributed by atoms with Crippen LogP contribution in [0.25, 0.3) is 43.1 Å². The Labute approximate surface area is 151 Å². The van der Waals surface area contributed by atoms with Crippen LogP contribution in [0.3, 0.4) is 0 Å². The molecule has 0 aliphatic carbocycles. The molecule has 0 amide bonds. The van der Waals surface area contributed by atoms with E-state index in [1.165, 1.54) is 43.1 Å². The zero-order valence-corrected chi connectivity index (χ0v) is 14.5. The fraction of sp³-hybridized carbons (Fsp3) is 0.167. The molecule has 0 fully saturated rings. The van der Waals surface area contributed by atoms with Crippen LogP contribution in [0.5, 0.6) is 0 Å². The molecule has 5 aromatic carbocycles. The van der Waals surface area contributed by atoms with E-state index < -0.39 is 0 Å². The van der Waals surface area contributed by atoms with Crippen LogP contribution in [0, 0.1) is 0 Å². The molecule has 128 valence electrons. The van der Waals surface area contributed by atoms with Gasteiger partial charge in [-0.05, 0) is 67.1 Å². The average molecular weight is 340 g/mol. The number of hydrogen-bond acceptors (Lipinski definition) is 2. The van der Waals surface area contributed by atoms with Gasteiger partial charge in [-0.2, -0.15) is 0 Å². The molecule has 0 aromatic heterocycles. The highest BCUT2D eigenvalue weighted by Gasteiger charge is 2.14. The highest BCUT2D eigenvalue weighted by atomic mass is 16.3. The molecule has 2 heteroatoms. The first-order valence-electron chi connectivity index (χ1n) is 9.14. The van der Waals surface area contributed by atoms with Crippen LogP contribution in [-0.4, -0.2) is 23.4 Å². The van der Waals surface area contributed by atoms with E-state index in [1.54, 1.807) is 0 Å². The van der Waals surface area contributed by atoms with Crippen molar-refractivity contribution in [1.82, 2.24) is 0 Å². The third kappa shape index (κ3) is 2.20. The van der Waals surface area contributed by atoms with E-state index in [9.17, 15) is 10.2 Å². The van der Waals surface area contributed by atoms with Gasteiger partial charge in [0.2, 0.25) is 0 Å². The van der Waals surface area contributed by atoms with Crippen LogP contribution in [0.1, 0.15) is 11.1 Å². The molecular formula is C24H20O2. The second-order valence-electron chi connectivity index (χ2n) is 7.04. The molecule has 5 rings (SSSR count). The number of aliphatic hydroxyl groups excluding tert-OH is 2. The molecule has 26 heavy (non-hydrogen) atoms. The van der Waals surface area contributed by atoms with Crippen molar-refractivity contribution in [1.29, 1.82) is 0 Å². The number of fused-ring (bicyclic) bond motifs is 2. The van der Waals surface area contributed by atoms with Crippen molar-refractivity contribution in [2.24, 2.45) is 0 Å². The minimum Gasteiger partial charge on any atom is -0.396 e. The van der Waals surface area contributed by atoms with Gasteiger partial charge in [0.1, 0.15) is 0 Å². The zero-order valence-electron chi connectivity index (χ0n) is 14.5. The molecule has 2 nitrogen and oxygen atoms in total. The van der Waals surface area contributed by atoms with Gasteiger partial charge in [0, 0.05) is 13.2 Å². The lowest BCUT2D eigenvalue weighted by Crippen LogP contribution is -1.96. The first-order valence-corrected chi connectivity index (χ1v) is 9.14. The molecule has 0 atom stereocenters. The van der Waals surface area contributed by atoms with Crippen molar-refractivity contribution in [3.05, 3.63) is 71.8 Å². The van der Waals surface area contributed by atoms with Crippen LogP contribution in [-0.2, 0) is 12.8 Å². The minimum atomic E-state index is 0.148. The Kier molecular flexibility index (Phi) is 3.56. The second-order valence-corrected chi connectivity index (χ2v) is 7.04. The molecule has 0 heterocycles. The Morgan fingerprint density at radius 2 is 1.04 bits per heavy atom. The lowest BCUT2D eigenvalue weighted by molar-refractivity contribution is 0.299. The van der Waals surface area contributed by atoms with Gasteiger partial charge in [-0.1, -0.05) is 60.7 Å². The molecule has 0 bridgehead atoms. The Morgan fingerprint density at radius 1 is 0.538 bits per heavy atom. The normalized spacial score (nSPS) is 12.1. The van der Waals surface area contributed by atoms with Gasteiger partial charge in [0.05, 0.1) is 0 Å². The molecule has 0 saturated carbocycles. The summed E-state index contributed by atoms with van der Waals surface area (Å²) < 4.78 is 0. The average Bonchev–Trinajstić information content (AvgIpc) is 2.66. The molecule has 0 spiro atoms. The van der Waals surface area contributed by atoms with Crippen molar-refractivity contribution in [2.75, 3.05) is 13.2 Å². The highest BCUT2D eigenvalue weighted by molar-refractivity contribution is 6.33. The van der Waals surface area contributed by atoms with Gasteiger partial charge in [-0.15, -0.1) is 0 Å². The smallest absolute Gasteiger partial charge is 0.0471 e. The Bertz CT molecular complexity index is 1160. The Morgan fingerprint density at radius 3 is 1.54 bits per heavy atom. The third-order valence-corrected chi connectivity index (χ3v) is 5.45. The van der Waals surface area contributed by atoms with E-state index in [2.05, 4.69) is 60.7 Å². The predicted molar refractivity (Wildman–Crippen MR) is 109 cm³/mol. The summed E-state index contributed by atoms with van der Waals surface area (Å²) in [6.07, 6.45) is 1.31. The number of benzene rings is 5. The SMILES string of the molecule is OCCc1cc2cc(CCO)cc3c4cccc5cccc(c(c1)c23)c54. The zero-order chi connectivity index (χ0) is 17.7. The molecule has 0 unspecified atom stereocenters. The van der Waals surface area contributed by atoms with Crippen LogP contribution in [0.4, 0.5) is 0 Å². The summed E-state index contributed by atoms with van der Waals surface area (Å²) in [5.74, 6) is 0. The Hall–Kier alpha value is -2.68. The van der Waals surface area contributed by atoms with Crippen LogP contribution < -0.4 is 0 Å². The summed E-state index contributed by atoms with van der Waals surface area (Å²) >= 11 is 0. The largest absolute Gasteiger partial charge is 0.396 e. The molecule has 2 N–H and O–H groups in total. The second kappa shape index (κ2) is 5.94. The predicted octanol–water partition coefficient (Wildman–Crippen LogP) is 4.81. The first kappa shape index (κ1) is 15.6. The van der Waals surface area contributed by atoms with Gasteiger partial charge < -0.3 is 10.2 Å². The van der Waals surface area contributed by atoms with Gasteiger partial charge in [0.15, 0.2) is 0 Å². The Balaban J connectivity index is 2.06. The van der Waals surface area contributed by atoms with E-state index in [0.29, 0.717) is 12.8 Å². The fourth-order valence-electron chi connectivity index (χ4n) is 4.40. The van der Waals surface area contributed by atoms with Crippen molar-refractivity contribution in [3.63, 3.8) is 0 Å². The van der Waals surface area contributed by atoms with Gasteiger partial charge in [0.25, 0.3) is 0 Å². The molecular weight excluding hydrogens is 320 g/mol. The summed E-state index contributed by atoms with van der Waals surface area (Å²) in [6.45, 7) is 0.295. The number of rotatable bonds is 4. The maximum Gasteiger partial charge on any atom is 0.0471 e. The monoisotopic (exact) mass is 340 g/mol. The molecule has 0 aliphatic heterocycles. The fourth-order valence-corrected chi connectivity index (χ4v) is 4.40. The van der Waals surface area contributed by atoms with Gasteiger partial charge in [-0.25, -0.2) is 0 Å². The molecule has 0 aliphatic rings. The standard InChI is InChI=1S/C24H20O2/c25-9-7-15-11-18-12-16(8-10-26)14-22-20-6-2-4-17-3-1-5-19(23(17)20)21(13-15)24(18)22/h1-6,11-14,25-26H,7-10H2. The van der Waals surface area contributed by atoms with E-state index >= 15 is 0 Å². The van der Waals surface area contributed by atoms with Crippen molar-refractivity contribution in [2.45, 2.75) is 12.8 Å². The minimum absolute atomic E-state index is 0.148. The van der Waals surface area contributed by atoms with Gasteiger partial charge >= 0.3 is 0 Å². The van der Waals surface area contributed by atoms with Crippen LogP contribution >= 0.6 is 0 Å². The first-order chi connectivity index (χ1) is 12.8.